The van der Waals surface area contributed by atoms with Crippen LogP contribution in [0.3, 0.4) is 0 Å². The van der Waals surface area contributed by atoms with Gasteiger partial charge in [-0.3, -0.25) is 10.1 Å². The lowest BCUT2D eigenvalue weighted by Gasteiger charge is -2.15. The van der Waals surface area contributed by atoms with Gasteiger partial charge in [-0.15, -0.1) is 0 Å². The largest absolute Gasteiger partial charge is 0.396 e. The van der Waals surface area contributed by atoms with Gasteiger partial charge in [0.2, 0.25) is 0 Å². The van der Waals surface area contributed by atoms with Crippen molar-refractivity contribution in [2.45, 2.75) is 19.4 Å². The van der Waals surface area contributed by atoms with E-state index in [-0.39, 0.29) is 18.3 Å². The number of aliphatic hydroxyl groups is 1. The second-order valence-electron chi connectivity index (χ2n) is 3.77. The molecule has 1 unspecified atom stereocenters. The molecule has 1 rings (SSSR count). The second kappa shape index (κ2) is 6.05. The highest BCUT2D eigenvalue weighted by Crippen LogP contribution is 2.32. The summed E-state index contributed by atoms with van der Waals surface area (Å²) in [5.41, 5.74) is 0.957. The first kappa shape index (κ1) is 13.2. The first-order chi connectivity index (χ1) is 8.10. The fourth-order valence-electron chi connectivity index (χ4n) is 1.59. The van der Waals surface area contributed by atoms with Gasteiger partial charge >= 0.3 is 5.69 Å². The topological polar surface area (TPSA) is 87.4 Å². The Morgan fingerprint density at radius 1 is 1.47 bits per heavy atom. The summed E-state index contributed by atoms with van der Waals surface area (Å²) in [6.45, 7) is 1.92. The number of hydrogen-bond acceptors (Lipinski definition) is 5. The molecule has 0 radical (unpaired) electrons. The summed E-state index contributed by atoms with van der Waals surface area (Å²) in [4.78, 5) is 10.6. The summed E-state index contributed by atoms with van der Waals surface area (Å²) in [6, 6.07) is 5.03. The van der Waals surface area contributed by atoms with E-state index in [9.17, 15) is 10.1 Å². The van der Waals surface area contributed by atoms with Crippen LogP contribution in [-0.2, 0) is 0 Å². The molecule has 17 heavy (non-hydrogen) atoms. The van der Waals surface area contributed by atoms with E-state index in [1.807, 2.05) is 6.92 Å². The van der Waals surface area contributed by atoms with Gasteiger partial charge in [0.25, 0.3) is 0 Å². The molecule has 0 spiro atoms. The maximum absolute atomic E-state index is 11.0. The van der Waals surface area contributed by atoms with Crippen LogP contribution in [0.1, 0.15) is 13.3 Å². The third-order valence-corrected chi connectivity index (χ3v) is 2.45. The molecule has 0 aliphatic carbocycles. The summed E-state index contributed by atoms with van der Waals surface area (Å²) >= 11 is 0. The Hall–Kier alpha value is -1.82. The first-order valence-electron chi connectivity index (χ1n) is 5.42. The molecule has 6 heteroatoms. The van der Waals surface area contributed by atoms with E-state index in [1.54, 1.807) is 25.2 Å². The zero-order chi connectivity index (χ0) is 12.8. The van der Waals surface area contributed by atoms with Gasteiger partial charge in [0.05, 0.1) is 4.92 Å². The number of nitrogens with zero attached hydrogens (tertiary/aromatic N) is 1. The van der Waals surface area contributed by atoms with Crippen molar-refractivity contribution in [3.05, 3.63) is 28.3 Å². The highest BCUT2D eigenvalue weighted by molar-refractivity contribution is 5.76. The first-order valence-corrected chi connectivity index (χ1v) is 5.42. The molecule has 0 heterocycles. The number of rotatable bonds is 6. The van der Waals surface area contributed by atoms with Gasteiger partial charge in [0, 0.05) is 19.7 Å². The Kier molecular flexibility index (Phi) is 4.71. The number of nitro benzene ring substituents is 1. The lowest BCUT2D eigenvalue weighted by molar-refractivity contribution is -0.383. The third kappa shape index (κ3) is 3.32. The SMILES string of the molecule is CNc1cccc(NC(C)CCO)c1[N+](=O)[O-]. The van der Waals surface area contributed by atoms with Crippen molar-refractivity contribution in [3.8, 4) is 0 Å². The van der Waals surface area contributed by atoms with Crippen molar-refractivity contribution in [2.75, 3.05) is 24.3 Å². The average Bonchev–Trinajstić information content (AvgIpc) is 2.28. The molecule has 94 valence electrons. The Labute approximate surface area is 99.8 Å². The summed E-state index contributed by atoms with van der Waals surface area (Å²) in [5.74, 6) is 0. The van der Waals surface area contributed by atoms with Gasteiger partial charge in [-0.2, -0.15) is 0 Å². The van der Waals surface area contributed by atoms with Crippen molar-refractivity contribution in [3.63, 3.8) is 0 Å². The zero-order valence-electron chi connectivity index (χ0n) is 9.93. The Balaban J connectivity index is 3.02. The molecule has 6 nitrogen and oxygen atoms in total. The van der Waals surface area contributed by atoms with Crippen LogP contribution < -0.4 is 10.6 Å². The molecule has 0 amide bonds. The number of aliphatic hydroxyl groups excluding tert-OH is 1. The molecule has 3 N–H and O–H groups in total. The van der Waals surface area contributed by atoms with Crippen molar-refractivity contribution in [1.29, 1.82) is 0 Å². The van der Waals surface area contributed by atoms with Crippen LogP contribution in [0.4, 0.5) is 17.1 Å². The molecule has 0 saturated heterocycles. The van der Waals surface area contributed by atoms with Crippen LogP contribution in [0.5, 0.6) is 0 Å². The van der Waals surface area contributed by atoms with Crippen molar-refractivity contribution >= 4 is 17.1 Å². The Morgan fingerprint density at radius 2 is 2.12 bits per heavy atom. The number of anilines is 2. The maximum atomic E-state index is 11.0. The Bertz CT molecular complexity index is 396. The zero-order valence-corrected chi connectivity index (χ0v) is 9.93. The fraction of sp³-hybridized carbons (Fsp3) is 0.455. The Morgan fingerprint density at radius 3 is 2.65 bits per heavy atom. The lowest BCUT2D eigenvalue weighted by Crippen LogP contribution is -2.17. The summed E-state index contributed by atoms with van der Waals surface area (Å²) < 4.78 is 0. The summed E-state index contributed by atoms with van der Waals surface area (Å²) in [7, 11) is 1.64. The quantitative estimate of drug-likeness (QED) is 0.520. The van der Waals surface area contributed by atoms with Crippen molar-refractivity contribution < 1.29 is 10.0 Å². The maximum Gasteiger partial charge on any atom is 0.315 e. The summed E-state index contributed by atoms with van der Waals surface area (Å²) in [5, 5.41) is 25.6. The van der Waals surface area contributed by atoms with E-state index in [4.69, 9.17) is 5.11 Å². The summed E-state index contributed by atoms with van der Waals surface area (Å²) in [6.07, 6.45) is 0.543. The normalized spacial score (nSPS) is 11.9. The number of nitro groups is 1. The molecular formula is C11H17N3O3. The van der Waals surface area contributed by atoms with E-state index >= 15 is 0 Å². The predicted molar refractivity (Wildman–Crippen MR) is 67.4 cm³/mol. The van der Waals surface area contributed by atoms with Crippen molar-refractivity contribution in [1.82, 2.24) is 0 Å². The molecule has 0 fully saturated rings. The number of nitrogens with one attached hydrogen (secondary N) is 2. The molecular weight excluding hydrogens is 222 g/mol. The van der Waals surface area contributed by atoms with E-state index in [2.05, 4.69) is 10.6 Å². The van der Waals surface area contributed by atoms with Crippen LogP contribution in [-0.4, -0.2) is 29.7 Å². The lowest BCUT2D eigenvalue weighted by atomic mass is 10.2. The van der Waals surface area contributed by atoms with Gasteiger partial charge in [-0.25, -0.2) is 0 Å². The van der Waals surface area contributed by atoms with Gasteiger partial charge in [0.15, 0.2) is 0 Å². The number of hydrogen-bond donors (Lipinski definition) is 3. The van der Waals surface area contributed by atoms with Crippen LogP contribution in [0.25, 0.3) is 0 Å². The van der Waals surface area contributed by atoms with Gasteiger partial charge < -0.3 is 15.7 Å². The van der Waals surface area contributed by atoms with Crippen LogP contribution >= 0.6 is 0 Å². The molecule has 0 aliphatic rings. The molecule has 1 aromatic rings. The fourth-order valence-corrected chi connectivity index (χ4v) is 1.59. The minimum Gasteiger partial charge on any atom is -0.396 e. The minimum absolute atomic E-state index is 0.0224. The average molecular weight is 239 g/mol. The number of benzene rings is 1. The van der Waals surface area contributed by atoms with Gasteiger partial charge in [-0.05, 0) is 25.5 Å². The van der Waals surface area contributed by atoms with E-state index in [0.717, 1.165) is 0 Å². The second-order valence-corrected chi connectivity index (χ2v) is 3.77. The van der Waals surface area contributed by atoms with Crippen LogP contribution in [0.2, 0.25) is 0 Å². The van der Waals surface area contributed by atoms with E-state index in [0.29, 0.717) is 17.8 Å². The third-order valence-electron chi connectivity index (χ3n) is 2.45. The standard InChI is InChI=1S/C11H17N3O3/c1-8(6-7-15)13-10-5-3-4-9(12-2)11(10)14(16)17/h3-5,8,12-13,15H,6-7H2,1-2H3. The molecule has 0 bridgehead atoms. The predicted octanol–water partition coefficient (Wildman–Crippen LogP) is 1.82. The molecule has 0 aromatic heterocycles. The highest BCUT2D eigenvalue weighted by Gasteiger charge is 2.19. The molecule has 1 aromatic carbocycles. The van der Waals surface area contributed by atoms with Crippen molar-refractivity contribution in [2.24, 2.45) is 0 Å². The van der Waals surface area contributed by atoms with Crippen LogP contribution in [0, 0.1) is 10.1 Å². The number of para-hydroxylation sites is 1. The molecule has 0 aliphatic heterocycles. The van der Waals surface area contributed by atoms with Crippen LogP contribution in [0.15, 0.2) is 18.2 Å². The molecule has 0 saturated carbocycles. The smallest absolute Gasteiger partial charge is 0.315 e. The monoisotopic (exact) mass is 239 g/mol. The minimum atomic E-state index is -0.417. The highest BCUT2D eigenvalue weighted by atomic mass is 16.6. The van der Waals surface area contributed by atoms with Gasteiger partial charge in [-0.1, -0.05) is 6.07 Å². The van der Waals surface area contributed by atoms with E-state index in [1.165, 1.54) is 0 Å². The van der Waals surface area contributed by atoms with Gasteiger partial charge in [0.1, 0.15) is 11.4 Å². The van der Waals surface area contributed by atoms with E-state index < -0.39 is 4.92 Å². The molecule has 1 atom stereocenters.